The van der Waals surface area contributed by atoms with Crippen LogP contribution in [0.1, 0.15) is 41.2 Å². The van der Waals surface area contributed by atoms with Crippen LogP contribution in [0.5, 0.6) is 0 Å². The lowest BCUT2D eigenvalue weighted by atomic mass is 10.0. The molecule has 0 radical (unpaired) electrons. The van der Waals surface area contributed by atoms with E-state index < -0.39 is 0 Å². The first-order chi connectivity index (χ1) is 12.2. The molecule has 1 atom stereocenters. The number of carbonyl (C=O) groups excluding carboxylic acids is 1. The summed E-state index contributed by atoms with van der Waals surface area (Å²) < 4.78 is 13.7. The third-order valence-electron chi connectivity index (χ3n) is 4.75. The second-order valence-corrected chi connectivity index (χ2v) is 7.55. The van der Waals surface area contributed by atoms with Crippen molar-refractivity contribution in [3.05, 3.63) is 53.5 Å². The molecule has 1 N–H and O–H groups in total. The van der Waals surface area contributed by atoms with E-state index >= 15 is 0 Å². The van der Waals surface area contributed by atoms with Gasteiger partial charge in [0.25, 0.3) is 5.91 Å². The average Bonchev–Trinajstić information content (AvgIpc) is 3.17. The zero-order valence-electron chi connectivity index (χ0n) is 13.9. The van der Waals surface area contributed by atoms with Crippen LogP contribution in [0.3, 0.4) is 0 Å². The molecular formula is C19H20FN3OS. The number of pyridine rings is 1. The molecule has 0 spiro atoms. The number of thioether (sulfide) groups is 1. The van der Waals surface area contributed by atoms with Crippen LogP contribution in [0.25, 0.3) is 0 Å². The molecule has 1 saturated heterocycles. The molecule has 0 saturated carbocycles. The van der Waals surface area contributed by atoms with Gasteiger partial charge in [-0.25, -0.2) is 9.37 Å². The van der Waals surface area contributed by atoms with Gasteiger partial charge in [-0.3, -0.25) is 4.79 Å². The minimum Gasteiger partial charge on any atom is -0.356 e. The number of benzene rings is 1. The summed E-state index contributed by atoms with van der Waals surface area (Å²) in [7, 11) is 0. The quantitative estimate of drug-likeness (QED) is 0.908. The Morgan fingerprint density at radius 1 is 1.28 bits per heavy atom. The Morgan fingerprint density at radius 2 is 2.12 bits per heavy atom. The van der Waals surface area contributed by atoms with E-state index in [0.29, 0.717) is 5.56 Å². The van der Waals surface area contributed by atoms with E-state index in [1.54, 1.807) is 30.1 Å². The van der Waals surface area contributed by atoms with Crippen molar-refractivity contribution in [1.29, 1.82) is 0 Å². The van der Waals surface area contributed by atoms with Gasteiger partial charge >= 0.3 is 0 Å². The molecule has 25 heavy (non-hydrogen) atoms. The van der Waals surface area contributed by atoms with E-state index in [-0.39, 0.29) is 17.8 Å². The van der Waals surface area contributed by atoms with E-state index in [1.807, 2.05) is 6.07 Å². The highest BCUT2D eigenvalue weighted by molar-refractivity contribution is 7.99. The summed E-state index contributed by atoms with van der Waals surface area (Å²) in [5, 5.41) is 3.10. The van der Waals surface area contributed by atoms with Crippen LogP contribution in [0, 0.1) is 5.82 Å². The van der Waals surface area contributed by atoms with Crippen molar-refractivity contribution >= 4 is 23.5 Å². The van der Waals surface area contributed by atoms with Gasteiger partial charge in [0, 0.05) is 29.9 Å². The van der Waals surface area contributed by atoms with Crippen LogP contribution < -0.4 is 10.2 Å². The van der Waals surface area contributed by atoms with Gasteiger partial charge in [-0.2, -0.15) is 0 Å². The Balaban J connectivity index is 1.59. The van der Waals surface area contributed by atoms with Crippen LogP contribution in [-0.4, -0.2) is 29.7 Å². The number of nitrogens with zero attached hydrogens (tertiary/aromatic N) is 2. The molecule has 4 nitrogen and oxygen atoms in total. The highest BCUT2D eigenvalue weighted by atomic mass is 32.2. The molecule has 2 aliphatic heterocycles. The first-order valence-corrected chi connectivity index (χ1v) is 9.64. The van der Waals surface area contributed by atoms with Gasteiger partial charge in [-0.1, -0.05) is 0 Å². The van der Waals surface area contributed by atoms with Gasteiger partial charge in [0.2, 0.25) is 0 Å². The summed E-state index contributed by atoms with van der Waals surface area (Å²) >= 11 is 1.71. The fourth-order valence-electron chi connectivity index (χ4n) is 3.51. The number of carbonyl (C=O) groups is 1. The maximum Gasteiger partial charge on any atom is 0.255 e. The van der Waals surface area contributed by atoms with Gasteiger partial charge in [-0.15, -0.1) is 11.8 Å². The fourth-order valence-corrected chi connectivity index (χ4v) is 4.61. The number of aromatic nitrogens is 1. The van der Waals surface area contributed by atoms with Gasteiger partial charge in [-0.05, 0) is 55.2 Å². The van der Waals surface area contributed by atoms with Crippen molar-refractivity contribution in [1.82, 2.24) is 10.3 Å². The summed E-state index contributed by atoms with van der Waals surface area (Å²) in [4.78, 5) is 20.6. The number of amides is 1. The second-order valence-electron chi connectivity index (χ2n) is 6.41. The van der Waals surface area contributed by atoms with Crippen molar-refractivity contribution in [2.45, 2.75) is 30.2 Å². The molecule has 1 unspecified atom stereocenters. The number of halogens is 1. The first kappa shape index (κ1) is 16.4. The van der Waals surface area contributed by atoms with Crippen molar-refractivity contribution in [3.63, 3.8) is 0 Å². The van der Waals surface area contributed by atoms with Gasteiger partial charge in [0.15, 0.2) is 0 Å². The zero-order valence-corrected chi connectivity index (χ0v) is 14.7. The second kappa shape index (κ2) is 7.04. The number of nitrogens with one attached hydrogen (secondary N) is 1. The molecule has 1 aromatic carbocycles. The lowest BCUT2D eigenvalue weighted by Gasteiger charge is -2.27. The zero-order chi connectivity index (χ0) is 17.2. The van der Waals surface area contributed by atoms with E-state index in [1.165, 1.54) is 12.1 Å². The van der Waals surface area contributed by atoms with E-state index in [0.717, 1.165) is 54.4 Å². The third kappa shape index (κ3) is 3.35. The SMILES string of the molecule is O=C(NC1CCSc2ccc(F)cc21)c1cccnc1N1CCCC1. The van der Waals surface area contributed by atoms with E-state index in [9.17, 15) is 9.18 Å². The predicted molar refractivity (Wildman–Crippen MR) is 97.6 cm³/mol. The van der Waals surface area contributed by atoms with Crippen LogP contribution >= 0.6 is 11.8 Å². The van der Waals surface area contributed by atoms with Crippen LogP contribution in [-0.2, 0) is 0 Å². The molecular weight excluding hydrogens is 337 g/mol. The number of hydrogen-bond acceptors (Lipinski definition) is 4. The average molecular weight is 357 g/mol. The monoisotopic (exact) mass is 357 g/mol. The topological polar surface area (TPSA) is 45.2 Å². The molecule has 0 bridgehead atoms. The van der Waals surface area contributed by atoms with Gasteiger partial charge in [0.1, 0.15) is 11.6 Å². The third-order valence-corrected chi connectivity index (χ3v) is 5.88. The molecule has 4 rings (SSSR count). The van der Waals surface area contributed by atoms with Crippen molar-refractivity contribution < 1.29 is 9.18 Å². The van der Waals surface area contributed by atoms with Crippen molar-refractivity contribution in [2.75, 3.05) is 23.7 Å². The predicted octanol–water partition coefficient (Wildman–Crippen LogP) is 3.79. The smallest absolute Gasteiger partial charge is 0.255 e. The molecule has 1 fully saturated rings. The molecule has 130 valence electrons. The van der Waals surface area contributed by atoms with Crippen LogP contribution in [0.4, 0.5) is 10.2 Å². The molecule has 2 aromatic rings. The molecule has 6 heteroatoms. The lowest BCUT2D eigenvalue weighted by Crippen LogP contribution is -2.32. The highest BCUT2D eigenvalue weighted by Crippen LogP contribution is 2.36. The standard InChI is InChI=1S/C19H20FN3OS/c20-13-5-6-17-15(12-13)16(7-11-25-17)22-19(24)14-4-3-8-21-18(14)23-9-1-2-10-23/h3-6,8,12,16H,1-2,7,9-11H2,(H,22,24). The number of hydrogen-bond donors (Lipinski definition) is 1. The molecule has 3 heterocycles. The van der Waals surface area contributed by atoms with Gasteiger partial charge < -0.3 is 10.2 Å². The first-order valence-electron chi connectivity index (χ1n) is 8.65. The molecule has 2 aliphatic rings. The van der Waals surface area contributed by atoms with Crippen molar-refractivity contribution in [3.8, 4) is 0 Å². The van der Waals surface area contributed by atoms with E-state index in [2.05, 4.69) is 15.2 Å². The maximum absolute atomic E-state index is 13.7. The minimum atomic E-state index is -0.264. The largest absolute Gasteiger partial charge is 0.356 e. The number of fused-ring (bicyclic) bond motifs is 1. The van der Waals surface area contributed by atoms with Gasteiger partial charge in [0.05, 0.1) is 11.6 Å². The number of rotatable bonds is 3. The van der Waals surface area contributed by atoms with Crippen molar-refractivity contribution in [2.24, 2.45) is 0 Å². The Kier molecular flexibility index (Phi) is 4.61. The number of anilines is 1. The molecule has 0 aliphatic carbocycles. The Morgan fingerprint density at radius 3 is 2.96 bits per heavy atom. The lowest BCUT2D eigenvalue weighted by molar-refractivity contribution is 0.0935. The maximum atomic E-state index is 13.7. The summed E-state index contributed by atoms with van der Waals surface area (Å²) in [6.07, 6.45) is 4.78. The normalized spacial score (nSPS) is 19.6. The summed E-state index contributed by atoms with van der Waals surface area (Å²) in [6, 6.07) is 8.26. The Hall–Kier alpha value is -2.08. The fraction of sp³-hybridized carbons (Fsp3) is 0.368. The Bertz CT molecular complexity index is 792. The van der Waals surface area contributed by atoms with E-state index in [4.69, 9.17) is 0 Å². The van der Waals surface area contributed by atoms with Crippen LogP contribution in [0.15, 0.2) is 41.4 Å². The molecule has 1 amide bonds. The van der Waals surface area contributed by atoms with Crippen LogP contribution in [0.2, 0.25) is 0 Å². The summed E-state index contributed by atoms with van der Waals surface area (Å²) in [5.41, 5.74) is 1.47. The summed E-state index contributed by atoms with van der Waals surface area (Å²) in [6.45, 7) is 1.87. The minimum absolute atomic E-state index is 0.137. The summed E-state index contributed by atoms with van der Waals surface area (Å²) in [5.74, 6) is 1.26. The molecule has 1 aromatic heterocycles. The highest BCUT2D eigenvalue weighted by Gasteiger charge is 2.26. The Labute approximate surface area is 150 Å².